The fourth-order valence-corrected chi connectivity index (χ4v) is 3.52. The van der Waals surface area contributed by atoms with Gasteiger partial charge in [-0.3, -0.25) is 4.90 Å². The first-order valence-electron chi connectivity index (χ1n) is 7.98. The van der Waals surface area contributed by atoms with Crippen molar-refractivity contribution < 1.29 is 0 Å². The highest BCUT2D eigenvalue weighted by Gasteiger charge is 2.09. The number of thioether (sulfide) groups is 1. The van der Waals surface area contributed by atoms with Crippen molar-refractivity contribution >= 4 is 22.5 Å². The molecule has 1 saturated heterocycles. The molecule has 1 N–H and O–H groups in total. The summed E-state index contributed by atoms with van der Waals surface area (Å²) in [6, 6.07) is 8.39. The van der Waals surface area contributed by atoms with Crippen molar-refractivity contribution in [1.82, 2.24) is 10.2 Å². The number of para-hydroxylation sites is 1. The highest BCUT2D eigenvalue weighted by molar-refractivity contribution is 8.13. The van der Waals surface area contributed by atoms with Crippen LogP contribution in [0.4, 0.5) is 5.69 Å². The van der Waals surface area contributed by atoms with Crippen molar-refractivity contribution in [2.45, 2.75) is 26.7 Å². The minimum absolute atomic E-state index is 1.08. The number of rotatable bonds is 6. The van der Waals surface area contributed by atoms with E-state index >= 15 is 0 Å². The first kappa shape index (κ1) is 16.5. The summed E-state index contributed by atoms with van der Waals surface area (Å²) in [7, 11) is 0. The zero-order valence-electron chi connectivity index (χ0n) is 13.3. The lowest BCUT2D eigenvalue weighted by atomic mass is 10.2. The van der Waals surface area contributed by atoms with E-state index in [0.717, 1.165) is 37.4 Å². The Hall–Kier alpha value is -0.840. The van der Waals surface area contributed by atoms with E-state index in [9.17, 15) is 0 Å². The summed E-state index contributed by atoms with van der Waals surface area (Å²) >= 11 is 1.93. The number of piperazine rings is 1. The van der Waals surface area contributed by atoms with Crippen LogP contribution in [-0.2, 0) is 0 Å². The van der Waals surface area contributed by atoms with Crippen molar-refractivity contribution in [2.75, 3.05) is 38.5 Å². The molecule has 1 fully saturated rings. The van der Waals surface area contributed by atoms with Gasteiger partial charge in [0.1, 0.15) is 0 Å². The summed E-state index contributed by atoms with van der Waals surface area (Å²) in [4.78, 5) is 7.42. The molecule has 0 spiro atoms. The summed E-state index contributed by atoms with van der Waals surface area (Å²) in [6.07, 6.45) is 2.24. The molecule has 0 saturated carbocycles. The summed E-state index contributed by atoms with van der Waals surface area (Å²) in [5, 5.41) is 4.68. The molecule has 1 aliphatic rings. The predicted octanol–water partition coefficient (Wildman–Crippen LogP) is 3.46. The van der Waals surface area contributed by atoms with E-state index in [1.165, 1.54) is 30.2 Å². The minimum Gasteiger partial charge on any atom is -0.314 e. The van der Waals surface area contributed by atoms with Gasteiger partial charge < -0.3 is 5.32 Å². The van der Waals surface area contributed by atoms with Gasteiger partial charge in [0.05, 0.1) is 10.7 Å². The SMILES string of the molecule is CCCC(=Nc1ccccc1C)SCCN1CCNCC1. The van der Waals surface area contributed by atoms with Crippen LogP contribution < -0.4 is 5.32 Å². The molecule has 1 aromatic carbocycles. The second-order valence-electron chi connectivity index (χ2n) is 5.48. The van der Waals surface area contributed by atoms with E-state index in [0.29, 0.717) is 0 Å². The first-order chi connectivity index (χ1) is 10.3. The van der Waals surface area contributed by atoms with Gasteiger partial charge in [-0.25, -0.2) is 4.99 Å². The van der Waals surface area contributed by atoms with E-state index in [1.807, 2.05) is 11.8 Å². The third-order valence-electron chi connectivity index (χ3n) is 3.71. The summed E-state index contributed by atoms with van der Waals surface area (Å²) in [5.41, 5.74) is 2.38. The van der Waals surface area contributed by atoms with Crippen molar-refractivity contribution in [3.05, 3.63) is 29.8 Å². The van der Waals surface area contributed by atoms with Gasteiger partial charge in [0.25, 0.3) is 0 Å². The zero-order valence-corrected chi connectivity index (χ0v) is 14.1. The van der Waals surface area contributed by atoms with E-state index < -0.39 is 0 Å². The average molecular weight is 305 g/mol. The number of aliphatic imine (C=N–C) groups is 1. The highest BCUT2D eigenvalue weighted by atomic mass is 32.2. The normalized spacial score (nSPS) is 17.1. The number of hydrogen-bond acceptors (Lipinski definition) is 4. The Bertz CT molecular complexity index is 453. The summed E-state index contributed by atoms with van der Waals surface area (Å²) in [6.45, 7) is 10.1. The molecule has 0 atom stereocenters. The smallest absolute Gasteiger partial charge is 0.0739 e. The number of nitrogens with zero attached hydrogens (tertiary/aromatic N) is 2. The lowest BCUT2D eigenvalue weighted by Crippen LogP contribution is -2.44. The molecule has 0 amide bonds. The molecule has 0 aromatic heterocycles. The Morgan fingerprint density at radius 3 is 2.76 bits per heavy atom. The summed E-state index contributed by atoms with van der Waals surface area (Å²) < 4.78 is 0. The van der Waals surface area contributed by atoms with Gasteiger partial charge in [-0.1, -0.05) is 31.5 Å². The molecule has 0 unspecified atom stereocenters. The molecule has 1 heterocycles. The number of nitrogens with one attached hydrogen (secondary N) is 1. The Morgan fingerprint density at radius 2 is 2.05 bits per heavy atom. The van der Waals surface area contributed by atoms with Crippen LogP contribution in [0.3, 0.4) is 0 Å². The van der Waals surface area contributed by atoms with Crippen LogP contribution in [0.5, 0.6) is 0 Å². The van der Waals surface area contributed by atoms with Gasteiger partial charge in [0.15, 0.2) is 0 Å². The molecule has 0 radical (unpaired) electrons. The maximum atomic E-state index is 4.88. The van der Waals surface area contributed by atoms with Gasteiger partial charge in [0.2, 0.25) is 0 Å². The van der Waals surface area contributed by atoms with Crippen molar-refractivity contribution in [1.29, 1.82) is 0 Å². The molecule has 21 heavy (non-hydrogen) atoms. The van der Waals surface area contributed by atoms with Crippen LogP contribution in [0.1, 0.15) is 25.3 Å². The Kier molecular flexibility index (Phi) is 7.27. The quantitative estimate of drug-likeness (QED) is 0.644. The third-order valence-corrected chi connectivity index (χ3v) is 4.73. The van der Waals surface area contributed by atoms with Gasteiger partial charge in [-0.2, -0.15) is 0 Å². The molecule has 3 nitrogen and oxygen atoms in total. The molecule has 116 valence electrons. The van der Waals surface area contributed by atoms with Gasteiger partial charge in [-0.05, 0) is 25.0 Å². The molecule has 4 heteroatoms. The maximum absolute atomic E-state index is 4.88. The van der Waals surface area contributed by atoms with Crippen LogP contribution in [-0.4, -0.2) is 48.4 Å². The second kappa shape index (κ2) is 9.23. The van der Waals surface area contributed by atoms with E-state index in [4.69, 9.17) is 4.99 Å². The molecule has 1 aromatic rings. The van der Waals surface area contributed by atoms with Gasteiger partial charge in [-0.15, -0.1) is 11.8 Å². The van der Waals surface area contributed by atoms with E-state index in [-0.39, 0.29) is 0 Å². The van der Waals surface area contributed by atoms with Crippen molar-refractivity contribution in [2.24, 2.45) is 4.99 Å². The van der Waals surface area contributed by atoms with Gasteiger partial charge in [0, 0.05) is 38.5 Å². The topological polar surface area (TPSA) is 27.6 Å². The van der Waals surface area contributed by atoms with Crippen molar-refractivity contribution in [3.8, 4) is 0 Å². The van der Waals surface area contributed by atoms with Gasteiger partial charge >= 0.3 is 0 Å². The molecule has 2 rings (SSSR count). The standard InChI is InChI=1S/C17H27N3S/c1-3-6-17(19-16-8-5-4-7-15(16)2)21-14-13-20-11-9-18-10-12-20/h4-5,7-8,18H,3,6,9-14H2,1-2H3. The second-order valence-corrected chi connectivity index (χ2v) is 6.65. The van der Waals surface area contributed by atoms with Crippen LogP contribution in [0.2, 0.25) is 0 Å². The fraction of sp³-hybridized carbons (Fsp3) is 0.588. The lowest BCUT2D eigenvalue weighted by molar-refractivity contribution is 0.255. The van der Waals surface area contributed by atoms with Crippen LogP contribution >= 0.6 is 11.8 Å². The average Bonchev–Trinajstić information content (AvgIpc) is 2.51. The van der Waals surface area contributed by atoms with Crippen molar-refractivity contribution in [3.63, 3.8) is 0 Å². The molecular weight excluding hydrogens is 278 g/mol. The predicted molar refractivity (Wildman–Crippen MR) is 94.9 cm³/mol. The largest absolute Gasteiger partial charge is 0.314 e. The Morgan fingerprint density at radius 1 is 1.29 bits per heavy atom. The van der Waals surface area contributed by atoms with E-state index in [2.05, 4.69) is 48.3 Å². The summed E-state index contributed by atoms with van der Waals surface area (Å²) in [5.74, 6) is 1.14. The molecule has 0 aliphatic carbocycles. The van der Waals surface area contributed by atoms with Crippen LogP contribution in [0.25, 0.3) is 0 Å². The molecule has 0 bridgehead atoms. The minimum atomic E-state index is 1.08. The monoisotopic (exact) mass is 305 g/mol. The number of aryl methyl sites for hydroxylation is 1. The van der Waals surface area contributed by atoms with Crippen LogP contribution in [0, 0.1) is 6.92 Å². The lowest BCUT2D eigenvalue weighted by Gasteiger charge is -2.26. The van der Waals surface area contributed by atoms with E-state index in [1.54, 1.807) is 0 Å². The highest BCUT2D eigenvalue weighted by Crippen LogP contribution is 2.21. The fourth-order valence-electron chi connectivity index (χ4n) is 2.42. The Labute approximate surface area is 133 Å². The molecule has 1 aliphatic heterocycles. The Balaban J connectivity index is 1.88. The number of hydrogen-bond donors (Lipinski definition) is 1. The number of benzene rings is 1. The van der Waals surface area contributed by atoms with Crippen LogP contribution in [0.15, 0.2) is 29.3 Å². The third kappa shape index (κ3) is 5.81. The zero-order chi connectivity index (χ0) is 14.9. The first-order valence-corrected chi connectivity index (χ1v) is 8.97. The molecular formula is C17H27N3S. The maximum Gasteiger partial charge on any atom is 0.0739 e.